The van der Waals surface area contributed by atoms with Crippen LogP contribution in [-0.4, -0.2) is 39.6 Å². The fourth-order valence-corrected chi connectivity index (χ4v) is 3.52. The maximum Gasteiger partial charge on any atom is 0.243 e. The first-order valence-corrected chi connectivity index (χ1v) is 9.44. The van der Waals surface area contributed by atoms with Crippen LogP contribution in [0.3, 0.4) is 0 Å². The molecule has 2 aromatic heterocycles. The molecule has 0 bridgehead atoms. The highest BCUT2D eigenvalue weighted by Crippen LogP contribution is 2.22. The Bertz CT molecular complexity index is 829. The minimum Gasteiger partial charge on any atom is -0.355 e. The molecule has 3 heterocycles. The zero-order chi connectivity index (χ0) is 19.4. The Morgan fingerprint density at radius 3 is 2.67 bits per heavy atom. The standard InChI is InChI=1S/C20H26N6O/c1-14(2)18-23-9-12-26(18)15(3)20(27)24-17-6-10-25(11-7-17)19-16(13-21)5-4-8-22-19/h4-5,8-9,12,14-15,17H,6-7,10-11H2,1-3H3,(H,24,27). The minimum atomic E-state index is -0.288. The van der Waals surface area contributed by atoms with E-state index in [1.807, 2.05) is 17.7 Å². The summed E-state index contributed by atoms with van der Waals surface area (Å²) < 4.78 is 1.95. The highest BCUT2D eigenvalue weighted by atomic mass is 16.2. The van der Waals surface area contributed by atoms with Crippen molar-refractivity contribution in [3.8, 4) is 6.07 Å². The van der Waals surface area contributed by atoms with Gasteiger partial charge in [-0.25, -0.2) is 9.97 Å². The molecule has 1 amide bonds. The molecule has 7 nitrogen and oxygen atoms in total. The Kier molecular flexibility index (Phi) is 5.75. The smallest absolute Gasteiger partial charge is 0.243 e. The van der Waals surface area contributed by atoms with Gasteiger partial charge in [0.2, 0.25) is 5.91 Å². The van der Waals surface area contributed by atoms with Gasteiger partial charge in [-0.15, -0.1) is 0 Å². The van der Waals surface area contributed by atoms with Gasteiger partial charge in [0.1, 0.15) is 23.8 Å². The molecule has 1 aliphatic heterocycles. The lowest BCUT2D eigenvalue weighted by Crippen LogP contribution is -2.46. The van der Waals surface area contributed by atoms with Crippen molar-refractivity contribution in [2.45, 2.75) is 51.6 Å². The number of hydrogen-bond donors (Lipinski definition) is 1. The van der Waals surface area contributed by atoms with E-state index in [0.717, 1.165) is 37.6 Å². The highest BCUT2D eigenvalue weighted by Gasteiger charge is 2.26. The van der Waals surface area contributed by atoms with Crippen LogP contribution in [0.2, 0.25) is 0 Å². The number of imidazole rings is 1. The lowest BCUT2D eigenvalue weighted by atomic mass is 10.0. The number of carbonyl (C=O) groups is 1. The molecule has 2 aromatic rings. The van der Waals surface area contributed by atoms with Crippen molar-refractivity contribution in [2.75, 3.05) is 18.0 Å². The Hall–Kier alpha value is -2.88. The number of nitrogens with one attached hydrogen (secondary N) is 1. The molecule has 1 saturated heterocycles. The molecule has 1 aliphatic rings. The quantitative estimate of drug-likeness (QED) is 0.879. The van der Waals surface area contributed by atoms with Crippen molar-refractivity contribution in [2.24, 2.45) is 0 Å². The number of anilines is 1. The van der Waals surface area contributed by atoms with Crippen molar-refractivity contribution in [1.82, 2.24) is 19.9 Å². The van der Waals surface area contributed by atoms with Gasteiger partial charge < -0.3 is 14.8 Å². The van der Waals surface area contributed by atoms with E-state index in [-0.39, 0.29) is 23.9 Å². The van der Waals surface area contributed by atoms with Gasteiger partial charge in [-0.05, 0) is 31.9 Å². The number of piperidine rings is 1. The average molecular weight is 366 g/mol. The number of rotatable bonds is 5. The molecule has 1 unspecified atom stereocenters. The molecule has 142 valence electrons. The van der Waals surface area contributed by atoms with Crippen LogP contribution in [0.4, 0.5) is 5.82 Å². The van der Waals surface area contributed by atoms with E-state index in [9.17, 15) is 10.1 Å². The number of carbonyl (C=O) groups excluding carboxylic acids is 1. The molecule has 1 N–H and O–H groups in total. The van der Waals surface area contributed by atoms with E-state index in [1.54, 1.807) is 24.5 Å². The van der Waals surface area contributed by atoms with Crippen LogP contribution in [0.5, 0.6) is 0 Å². The molecule has 0 aromatic carbocycles. The molecule has 0 aliphatic carbocycles. The van der Waals surface area contributed by atoms with E-state index in [1.165, 1.54) is 0 Å². The van der Waals surface area contributed by atoms with Crippen LogP contribution >= 0.6 is 0 Å². The van der Waals surface area contributed by atoms with E-state index in [0.29, 0.717) is 5.56 Å². The second-order valence-electron chi connectivity index (χ2n) is 7.28. The second kappa shape index (κ2) is 8.21. The summed E-state index contributed by atoms with van der Waals surface area (Å²) in [4.78, 5) is 23.6. The number of hydrogen-bond acceptors (Lipinski definition) is 5. The maximum absolute atomic E-state index is 12.7. The minimum absolute atomic E-state index is 0.0175. The van der Waals surface area contributed by atoms with Crippen LogP contribution in [-0.2, 0) is 4.79 Å². The predicted molar refractivity (Wildman–Crippen MR) is 103 cm³/mol. The van der Waals surface area contributed by atoms with Crippen molar-refractivity contribution in [3.63, 3.8) is 0 Å². The lowest BCUT2D eigenvalue weighted by Gasteiger charge is -2.34. The average Bonchev–Trinajstić information content (AvgIpc) is 3.18. The van der Waals surface area contributed by atoms with Gasteiger partial charge in [0, 0.05) is 43.6 Å². The number of aromatic nitrogens is 3. The van der Waals surface area contributed by atoms with Crippen molar-refractivity contribution in [3.05, 3.63) is 42.1 Å². The largest absolute Gasteiger partial charge is 0.355 e. The van der Waals surface area contributed by atoms with Gasteiger partial charge in [-0.1, -0.05) is 13.8 Å². The van der Waals surface area contributed by atoms with E-state index in [2.05, 4.69) is 40.1 Å². The summed E-state index contributed by atoms with van der Waals surface area (Å²) in [6, 6.07) is 5.61. The van der Waals surface area contributed by atoms with Gasteiger partial charge >= 0.3 is 0 Å². The Balaban J connectivity index is 1.58. The van der Waals surface area contributed by atoms with Gasteiger partial charge in [-0.3, -0.25) is 4.79 Å². The number of nitriles is 1. The van der Waals surface area contributed by atoms with Gasteiger partial charge in [0.25, 0.3) is 0 Å². The number of pyridine rings is 1. The molecule has 1 fully saturated rings. The van der Waals surface area contributed by atoms with Crippen molar-refractivity contribution in [1.29, 1.82) is 5.26 Å². The Morgan fingerprint density at radius 2 is 2.00 bits per heavy atom. The molecule has 27 heavy (non-hydrogen) atoms. The van der Waals surface area contributed by atoms with Gasteiger partial charge in [0.15, 0.2) is 0 Å². The third-order valence-electron chi connectivity index (χ3n) is 5.06. The summed E-state index contributed by atoms with van der Waals surface area (Å²) >= 11 is 0. The Labute approximate surface area is 160 Å². The van der Waals surface area contributed by atoms with E-state index < -0.39 is 0 Å². The molecule has 0 radical (unpaired) electrons. The first-order valence-electron chi connectivity index (χ1n) is 9.44. The van der Waals surface area contributed by atoms with Crippen molar-refractivity contribution < 1.29 is 4.79 Å². The first-order chi connectivity index (χ1) is 13.0. The Morgan fingerprint density at radius 1 is 1.26 bits per heavy atom. The summed E-state index contributed by atoms with van der Waals surface area (Å²) in [6.07, 6.45) is 6.99. The monoisotopic (exact) mass is 366 g/mol. The summed E-state index contributed by atoms with van der Waals surface area (Å²) in [7, 11) is 0. The number of nitrogens with zero attached hydrogens (tertiary/aromatic N) is 5. The molecule has 3 rings (SSSR count). The zero-order valence-electron chi connectivity index (χ0n) is 16.1. The van der Waals surface area contributed by atoms with E-state index >= 15 is 0 Å². The summed E-state index contributed by atoms with van der Waals surface area (Å²) in [5, 5.41) is 12.4. The van der Waals surface area contributed by atoms with Crippen LogP contribution in [0.15, 0.2) is 30.7 Å². The fourth-order valence-electron chi connectivity index (χ4n) is 3.52. The fraction of sp³-hybridized carbons (Fsp3) is 0.500. The topological polar surface area (TPSA) is 86.8 Å². The van der Waals surface area contributed by atoms with E-state index in [4.69, 9.17) is 0 Å². The highest BCUT2D eigenvalue weighted by molar-refractivity contribution is 5.80. The molecule has 7 heteroatoms. The summed E-state index contributed by atoms with van der Waals surface area (Å²) in [5.41, 5.74) is 0.593. The first kappa shape index (κ1) is 18.9. The maximum atomic E-state index is 12.7. The van der Waals surface area contributed by atoms with Crippen LogP contribution in [0.1, 0.15) is 57.0 Å². The molecule has 0 saturated carbocycles. The van der Waals surface area contributed by atoms with Crippen LogP contribution in [0, 0.1) is 11.3 Å². The SMILES string of the molecule is CC(C)c1nccn1C(C)C(=O)NC1CCN(c2ncccc2C#N)CC1. The normalized spacial score (nSPS) is 16.2. The summed E-state index contributed by atoms with van der Waals surface area (Å²) in [5.74, 6) is 1.94. The summed E-state index contributed by atoms with van der Waals surface area (Å²) in [6.45, 7) is 7.60. The third-order valence-corrected chi connectivity index (χ3v) is 5.06. The predicted octanol–water partition coefficient (Wildman–Crippen LogP) is 2.62. The number of amides is 1. The van der Waals surface area contributed by atoms with Crippen molar-refractivity contribution >= 4 is 11.7 Å². The molecular weight excluding hydrogens is 340 g/mol. The lowest BCUT2D eigenvalue weighted by molar-refractivity contribution is -0.124. The molecule has 0 spiro atoms. The molecule has 1 atom stereocenters. The van der Waals surface area contributed by atoms with Crippen LogP contribution < -0.4 is 10.2 Å². The van der Waals surface area contributed by atoms with Gasteiger partial charge in [-0.2, -0.15) is 5.26 Å². The third kappa shape index (κ3) is 4.11. The van der Waals surface area contributed by atoms with Gasteiger partial charge in [0.05, 0.1) is 5.56 Å². The molecular formula is C20H26N6O. The second-order valence-corrected chi connectivity index (χ2v) is 7.28. The van der Waals surface area contributed by atoms with Crippen LogP contribution in [0.25, 0.3) is 0 Å². The zero-order valence-corrected chi connectivity index (χ0v) is 16.1.